The number of rotatable bonds is 6. The molecule has 0 fully saturated rings. The minimum Gasteiger partial charge on any atom is -0.438 e. The van der Waals surface area contributed by atoms with Gasteiger partial charge in [0.25, 0.3) is 5.91 Å². The highest BCUT2D eigenvalue weighted by molar-refractivity contribution is 6.03. The largest absolute Gasteiger partial charge is 0.438 e. The van der Waals surface area contributed by atoms with E-state index in [-0.39, 0.29) is 11.7 Å². The van der Waals surface area contributed by atoms with E-state index in [4.69, 9.17) is 4.74 Å². The van der Waals surface area contributed by atoms with Crippen LogP contribution in [0.25, 0.3) is 17.1 Å². The number of amides is 1. The molecule has 2 aromatic carbocycles. The van der Waals surface area contributed by atoms with Crippen LogP contribution in [0.4, 0.5) is 10.1 Å². The molecule has 1 amide bonds. The van der Waals surface area contributed by atoms with Gasteiger partial charge >= 0.3 is 0 Å². The predicted molar refractivity (Wildman–Crippen MR) is 124 cm³/mol. The molecular weight excluding hydrogens is 435 g/mol. The zero-order valence-electron chi connectivity index (χ0n) is 18.1. The van der Waals surface area contributed by atoms with Crippen molar-refractivity contribution in [3.8, 4) is 28.7 Å². The van der Waals surface area contributed by atoms with Crippen LogP contribution in [-0.4, -0.2) is 30.5 Å². The maximum Gasteiger partial charge on any atom is 0.273 e. The lowest BCUT2D eigenvalue weighted by Crippen LogP contribution is -2.15. The number of halogens is 1. The molecule has 0 atom stereocenters. The van der Waals surface area contributed by atoms with Crippen molar-refractivity contribution in [1.29, 1.82) is 0 Å². The quantitative estimate of drug-likeness (QED) is 0.396. The standard InChI is InChI=1S/C25H19FN6O2/c1-31-22(16-21(30-31)17-4-6-18(26)7-5-17)25(33)27-19-8-10-20(11-9-19)34-24-13-12-23(28-29-24)32-14-2-3-15-32/h2-16H,1H3,(H,27,33). The Hall–Kier alpha value is -4.79. The fourth-order valence-electron chi connectivity index (χ4n) is 3.36. The molecule has 0 aliphatic carbocycles. The molecule has 0 saturated heterocycles. The number of ether oxygens (including phenoxy) is 1. The number of carbonyl (C=O) groups is 1. The molecule has 0 aliphatic rings. The second-order valence-electron chi connectivity index (χ2n) is 7.45. The van der Waals surface area contributed by atoms with Gasteiger partial charge in [-0.15, -0.1) is 10.2 Å². The lowest BCUT2D eigenvalue weighted by Gasteiger charge is -2.08. The van der Waals surface area contributed by atoms with Gasteiger partial charge in [0.2, 0.25) is 5.88 Å². The first kappa shape index (κ1) is 21.1. The van der Waals surface area contributed by atoms with E-state index in [1.807, 2.05) is 35.2 Å². The summed E-state index contributed by atoms with van der Waals surface area (Å²) in [5, 5.41) is 15.4. The van der Waals surface area contributed by atoms with Crippen LogP contribution in [0.15, 0.2) is 91.3 Å². The van der Waals surface area contributed by atoms with E-state index < -0.39 is 0 Å². The molecule has 0 spiro atoms. The highest BCUT2D eigenvalue weighted by Crippen LogP contribution is 2.23. The van der Waals surface area contributed by atoms with Crippen molar-refractivity contribution < 1.29 is 13.9 Å². The first-order chi connectivity index (χ1) is 16.5. The lowest BCUT2D eigenvalue weighted by molar-refractivity contribution is 0.101. The van der Waals surface area contributed by atoms with Crippen molar-refractivity contribution in [2.24, 2.45) is 7.05 Å². The Morgan fingerprint density at radius 3 is 2.35 bits per heavy atom. The van der Waals surface area contributed by atoms with Gasteiger partial charge in [-0.1, -0.05) is 0 Å². The van der Waals surface area contributed by atoms with Crippen molar-refractivity contribution in [1.82, 2.24) is 24.5 Å². The van der Waals surface area contributed by atoms with Crippen LogP contribution in [0.5, 0.6) is 11.6 Å². The van der Waals surface area contributed by atoms with E-state index in [0.29, 0.717) is 34.5 Å². The molecular formula is C25H19FN6O2. The molecule has 1 N–H and O–H groups in total. The maximum absolute atomic E-state index is 13.2. The summed E-state index contributed by atoms with van der Waals surface area (Å²) in [6.45, 7) is 0. The van der Waals surface area contributed by atoms with E-state index in [1.165, 1.54) is 16.8 Å². The average molecular weight is 454 g/mol. The van der Waals surface area contributed by atoms with Crippen LogP contribution in [-0.2, 0) is 7.05 Å². The Balaban J connectivity index is 1.24. The van der Waals surface area contributed by atoms with E-state index in [9.17, 15) is 9.18 Å². The number of aryl methyl sites for hydroxylation is 1. The third-order valence-electron chi connectivity index (χ3n) is 5.08. The van der Waals surface area contributed by atoms with Crippen molar-refractivity contribution in [3.05, 3.63) is 103 Å². The topological polar surface area (TPSA) is 86.9 Å². The minimum absolute atomic E-state index is 0.316. The SMILES string of the molecule is Cn1nc(-c2ccc(F)cc2)cc1C(=O)Nc1ccc(Oc2ccc(-n3cccc3)nn2)cc1. The Morgan fingerprint density at radius 1 is 0.941 bits per heavy atom. The van der Waals surface area contributed by atoms with Crippen molar-refractivity contribution in [3.63, 3.8) is 0 Å². The molecule has 0 unspecified atom stereocenters. The molecule has 0 saturated carbocycles. The van der Waals surface area contributed by atoms with Gasteiger partial charge in [0.05, 0.1) is 5.69 Å². The van der Waals surface area contributed by atoms with Crippen molar-refractivity contribution >= 4 is 11.6 Å². The Labute approximate surface area is 194 Å². The number of nitrogens with one attached hydrogen (secondary N) is 1. The van der Waals surface area contributed by atoms with Crippen LogP contribution < -0.4 is 10.1 Å². The highest BCUT2D eigenvalue weighted by Gasteiger charge is 2.15. The maximum atomic E-state index is 13.2. The summed E-state index contributed by atoms with van der Waals surface area (Å²) in [6, 6.07) is 21.9. The summed E-state index contributed by atoms with van der Waals surface area (Å²) < 4.78 is 22.2. The zero-order chi connectivity index (χ0) is 23.5. The van der Waals surface area contributed by atoms with Crippen molar-refractivity contribution in [2.45, 2.75) is 0 Å². The van der Waals surface area contributed by atoms with Gasteiger partial charge in [-0.25, -0.2) is 4.39 Å². The summed E-state index contributed by atoms with van der Waals surface area (Å²) in [6.07, 6.45) is 3.76. The number of nitrogens with zero attached hydrogens (tertiary/aromatic N) is 5. The molecule has 8 nitrogen and oxygen atoms in total. The molecule has 0 bridgehead atoms. The van der Waals surface area contributed by atoms with E-state index in [1.54, 1.807) is 55.6 Å². The summed E-state index contributed by atoms with van der Waals surface area (Å²) in [5.41, 5.74) is 2.27. The van der Waals surface area contributed by atoms with Crippen LogP contribution in [0.1, 0.15) is 10.5 Å². The van der Waals surface area contributed by atoms with Crippen molar-refractivity contribution in [2.75, 3.05) is 5.32 Å². The second kappa shape index (κ2) is 8.99. The third kappa shape index (κ3) is 4.53. The second-order valence-corrected chi connectivity index (χ2v) is 7.45. The molecule has 168 valence electrons. The zero-order valence-corrected chi connectivity index (χ0v) is 18.1. The summed E-state index contributed by atoms with van der Waals surface area (Å²) in [4.78, 5) is 12.8. The Kier molecular flexibility index (Phi) is 5.57. The molecule has 0 radical (unpaired) electrons. The van der Waals surface area contributed by atoms with Gasteiger partial charge in [0.1, 0.15) is 17.3 Å². The summed E-state index contributed by atoms with van der Waals surface area (Å²) in [7, 11) is 1.68. The molecule has 0 aliphatic heterocycles. The van der Waals surface area contributed by atoms with Crippen LogP contribution >= 0.6 is 0 Å². The number of anilines is 1. The fourth-order valence-corrected chi connectivity index (χ4v) is 3.36. The fraction of sp³-hybridized carbons (Fsp3) is 0.0400. The minimum atomic E-state index is -0.328. The van der Waals surface area contributed by atoms with Gasteiger partial charge < -0.3 is 14.6 Å². The normalized spacial score (nSPS) is 10.8. The summed E-state index contributed by atoms with van der Waals surface area (Å²) in [5.74, 6) is 0.957. The van der Waals surface area contributed by atoms with Crippen LogP contribution in [0, 0.1) is 5.82 Å². The van der Waals surface area contributed by atoms with Gasteiger partial charge in [-0.05, 0) is 72.8 Å². The molecule has 9 heteroatoms. The van der Waals surface area contributed by atoms with Crippen LogP contribution in [0.3, 0.4) is 0 Å². The highest BCUT2D eigenvalue weighted by atomic mass is 19.1. The number of hydrogen-bond donors (Lipinski definition) is 1. The Bertz CT molecular complexity index is 1410. The number of carbonyl (C=O) groups excluding carboxylic acids is 1. The lowest BCUT2D eigenvalue weighted by atomic mass is 10.1. The van der Waals surface area contributed by atoms with Gasteiger partial charge in [-0.2, -0.15) is 5.10 Å². The van der Waals surface area contributed by atoms with Gasteiger partial charge in [-0.3, -0.25) is 9.48 Å². The first-order valence-corrected chi connectivity index (χ1v) is 10.4. The van der Waals surface area contributed by atoms with E-state index in [2.05, 4.69) is 20.6 Å². The molecule has 5 aromatic rings. The molecule has 3 aromatic heterocycles. The van der Waals surface area contributed by atoms with E-state index in [0.717, 1.165) is 5.56 Å². The number of hydrogen-bond acceptors (Lipinski definition) is 5. The molecule has 3 heterocycles. The van der Waals surface area contributed by atoms with Gasteiger partial charge in [0, 0.05) is 36.8 Å². The first-order valence-electron chi connectivity index (χ1n) is 10.4. The van der Waals surface area contributed by atoms with Gasteiger partial charge in [0.15, 0.2) is 5.82 Å². The predicted octanol–water partition coefficient (Wildman–Crippen LogP) is 4.85. The number of aromatic nitrogens is 5. The summed E-state index contributed by atoms with van der Waals surface area (Å²) >= 11 is 0. The number of benzene rings is 2. The molecule has 34 heavy (non-hydrogen) atoms. The Morgan fingerprint density at radius 2 is 1.68 bits per heavy atom. The molecule has 5 rings (SSSR count). The monoisotopic (exact) mass is 454 g/mol. The smallest absolute Gasteiger partial charge is 0.273 e. The van der Waals surface area contributed by atoms with E-state index >= 15 is 0 Å². The third-order valence-corrected chi connectivity index (χ3v) is 5.08. The average Bonchev–Trinajstić information content (AvgIpc) is 3.52. The van der Waals surface area contributed by atoms with Crippen LogP contribution in [0.2, 0.25) is 0 Å².